The lowest BCUT2D eigenvalue weighted by Crippen LogP contribution is -2.36. The number of hydrogen-bond donors (Lipinski definition) is 3. The Morgan fingerprint density at radius 1 is 1.41 bits per heavy atom. The van der Waals surface area contributed by atoms with E-state index in [2.05, 4.69) is 17.2 Å². The zero-order chi connectivity index (χ0) is 15.9. The Balaban J connectivity index is 1.92. The molecule has 6 heteroatoms. The number of carbonyl (C=O) groups excluding carboxylic acids is 1. The normalized spacial score (nSPS) is 15.5. The fourth-order valence-corrected chi connectivity index (χ4v) is 2.43. The van der Waals surface area contributed by atoms with Gasteiger partial charge in [-0.1, -0.05) is 12.1 Å². The summed E-state index contributed by atoms with van der Waals surface area (Å²) in [6.45, 7) is 5.47. The minimum atomic E-state index is -0.311. The molecule has 0 aliphatic carbocycles. The van der Waals surface area contributed by atoms with Crippen LogP contribution in [-0.2, 0) is 6.54 Å². The van der Waals surface area contributed by atoms with E-state index in [9.17, 15) is 14.3 Å². The first-order valence-electron chi connectivity index (χ1n) is 7.44. The minimum Gasteiger partial charge on any atom is -0.393 e. The van der Waals surface area contributed by atoms with Crippen LogP contribution in [0.4, 0.5) is 14.9 Å². The van der Waals surface area contributed by atoms with Gasteiger partial charge in [0.2, 0.25) is 0 Å². The van der Waals surface area contributed by atoms with E-state index in [0.29, 0.717) is 43.7 Å². The van der Waals surface area contributed by atoms with Crippen LogP contribution in [0.2, 0.25) is 0 Å². The number of amides is 2. The Labute approximate surface area is 129 Å². The molecule has 1 heterocycles. The lowest BCUT2D eigenvalue weighted by molar-refractivity contribution is 0.145. The van der Waals surface area contributed by atoms with Gasteiger partial charge in [0.1, 0.15) is 5.82 Å². The summed E-state index contributed by atoms with van der Waals surface area (Å²) in [5.74, 6) is -0.304. The van der Waals surface area contributed by atoms with Gasteiger partial charge in [0, 0.05) is 26.2 Å². The first kappa shape index (κ1) is 16.3. The van der Waals surface area contributed by atoms with Gasteiger partial charge in [0.25, 0.3) is 0 Å². The largest absolute Gasteiger partial charge is 0.393 e. The van der Waals surface area contributed by atoms with Crippen LogP contribution >= 0.6 is 0 Å². The van der Waals surface area contributed by atoms with E-state index in [4.69, 9.17) is 0 Å². The van der Waals surface area contributed by atoms with E-state index in [1.165, 1.54) is 6.07 Å². The zero-order valence-electron chi connectivity index (χ0n) is 12.5. The summed E-state index contributed by atoms with van der Waals surface area (Å²) in [5.41, 5.74) is 1.25. The molecule has 22 heavy (non-hydrogen) atoms. The van der Waals surface area contributed by atoms with Crippen molar-refractivity contribution in [1.29, 1.82) is 0 Å². The van der Waals surface area contributed by atoms with Gasteiger partial charge in [-0.05, 0) is 30.5 Å². The summed E-state index contributed by atoms with van der Waals surface area (Å²) < 4.78 is 14.2. The first-order valence-corrected chi connectivity index (χ1v) is 7.44. The Hall–Kier alpha value is -2.08. The molecule has 1 aliphatic rings. The molecule has 0 saturated carbocycles. The number of aliphatic hydroxyl groups excluding tert-OH is 1. The number of piperidine rings is 1. The van der Waals surface area contributed by atoms with Crippen LogP contribution < -0.4 is 15.5 Å². The van der Waals surface area contributed by atoms with Crippen LogP contribution in [-0.4, -0.2) is 36.9 Å². The number of halogens is 1. The predicted molar refractivity (Wildman–Crippen MR) is 84.3 cm³/mol. The van der Waals surface area contributed by atoms with Crippen LogP contribution in [0, 0.1) is 5.82 Å². The summed E-state index contributed by atoms with van der Waals surface area (Å²) in [4.78, 5) is 13.4. The van der Waals surface area contributed by atoms with Gasteiger partial charge in [-0.15, -0.1) is 6.58 Å². The highest BCUT2D eigenvalue weighted by Crippen LogP contribution is 2.24. The van der Waals surface area contributed by atoms with E-state index >= 15 is 0 Å². The summed E-state index contributed by atoms with van der Waals surface area (Å²) in [7, 11) is 0. The van der Waals surface area contributed by atoms with Crippen molar-refractivity contribution in [3.05, 3.63) is 42.2 Å². The molecule has 1 aliphatic heterocycles. The molecule has 1 saturated heterocycles. The Bertz CT molecular complexity index is 528. The van der Waals surface area contributed by atoms with Gasteiger partial charge >= 0.3 is 6.03 Å². The first-order chi connectivity index (χ1) is 10.6. The molecule has 0 unspecified atom stereocenters. The third-order valence-corrected chi connectivity index (χ3v) is 3.68. The molecule has 120 valence electrons. The lowest BCUT2D eigenvalue weighted by atomic mass is 10.1. The maximum absolute atomic E-state index is 14.2. The average molecular weight is 307 g/mol. The molecule has 0 bridgehead atoms. The number of aliphatic hydroxyl groups is 1. The van der Waals surface area contributed by atoms with Crippen molar-refractivity contribution >= 4 is 11.7 Å². The second-order valence-corrected chi connectivity index (χ2v) is 5.36. The fraction of sp³-hybridized carbons (Fsp3) is 0.438. The summed E-state index contributed by atoms with van der Waals surface area (Å²) in [6.07, 6.45) is 2.62. The van der Waals surface area contributed by atoms with Gasteiger partial charge in [-0.2, -0.15) is 0 Å². The van der Waals surface area contributed by atoms with Crippen molar-refractivity contribution in [3.63, 3.8) is 0 Å². The Kier molecular flexibility index (Phi) is 5.77. The topological polar surface area (TPSA) is 64.6 Å². The SMILES string of the molecule is C=CCNC(=O)NCc1ccc(N2CCC(O)CC2)c(F)c1. The molecule has 2 amide bonds. The maximum atomic E-state index is 14.2. The van der Waals surface area contributed by atoms with Crippen LogP contribution in [0.25, 0.3) is 0 Å². The van der Waals surface area contributed by atoms with E-state index < -0.39 is 0 Å². The van der Waals surface area contributed by atoms with Crippen LogP contribution in [0.15, 0.2) is 30.9 Å². The van der Waals surface area contributed by atoms with E-state index in [1.54, 1.807) is 18.2 Å². The van der Waals surface area contributed by atoms with Gasteiger partial charge in [0.05, 0.1) is 11.8 Å². The average Bonchev–Trinajstić information content (AvgIpc) is 2.52. The smallest absolute Gasteiger partial charge is 0.315 e. The molecule has 1 aromatic rings. The van der Waals surface area contributed by atoms with Gasteiger partial charge in [-0.3, -0.25) is 0 Å². The van der Waals surface area contributed by atoms with Crippen molar-refractivity contribution in [3.8, 4) is 0 Å². The molecule has 1 aromatic carbocycles. The number of hydrogen-bond acceptors (Lipinski definition) is 3. The molecular weight excluding hydrogens is 285 g/mol. The molecule has 0 atom stereocenters. The van der Waals surface area contributed by atoms with E-state index in [0.717, 1.165) is 0 Å². The molecular formula is C16H22FN3O2. The standard InChI is InChI=1S/C16H22FN3O2/c1-2-7-18-16(22)19-11-12-3-4-15(14(17)10-12)20-8-5-13(21)6-9-20/h2-4,10,13,21H,1,5-9,11H2,(H2,18,19,22). The number of carbonyl (C=O) groups is 1. The number of anilines is 1. The number of urea groups is 1. The number of benzene rings is 1. The molecule has 1 fully saturated rings. The molecule has 0 spiro atoms. The Morgan fingerprint density at radius 2 is 2.14 bits per heavy atom. The van der Waals surface area contributed by atoms with Crippen LogP contribution in [0.1, 0.15) is 18.4 Å². The van der Waals surface area contributed by atoms with E-state index in [-0.39, 0.29) is 24.5 Å². The maximum Gasteiger partial charge on any atom is 0.315 e. The van der Waals surface area contributed by atoms with Crippen molar-refractivity contribution in [2.24, 2.45) is 0 Å². The number of rotatable bonds is 5. The zero-order valence-corrected chi connectivity index (χ0v) is 12.5. The number of nitrogens with zero attached hydrogens (tertiary/aromatic N) is 1. The fourth-order valence-electron chi connectivity index (χ4n) is 2.43. The van der Waals surface area contributed by atoms with Crippen molar-refractivity contribution in [1.82, 2.24) is 10.6 Å². The van der Waals surface area contributed by atoms with Gasteiger partial charge < -0.3 is 20.6 Å². The van der Waals surface area contributed by atoms with E-state index in [1.807, 2.05) is 4.90 Å². The summed E-state index contributed by atoms with van der Waals surface area (Å²) in [6, 6.07) is 4.66. The van der Waals surface area contributed by atoms with Crippen molar-refractivity contribution < 1.29 is 14.3 Å². The highest BCUT2D eigenvalue weighted by molar-refractivity contribution is 5.73. The number of nitrogens with one attached hydrogen (secondary N) is 2. The quantitative estimate of drug-likeness (QED) is 0.727. The molecule has 0 radical (unpaired) electrons. The third kappa shape index (κ3) is 4.46. The molecule has 2 rings (SSSR count). The van der Waals surface area contributed by atoms with Crippen LogP contribution in [0.3, 0.4) is 0 Å². The Morgan fingerprint density at radius 3 is 2.77 bits per heavy atom. The van der Waals surface area contributed by atoms with Crippen LogP contribution in [0.5, 0.6) is 0 Å². The van der Waals surface area contributed by atoms with Crippen molar-refractivity contribution in [2.45, 2.75) is 25.5 Å². The summed E-state index contributed by atoms with van der Waals surface area (Å²) in [5, 5.41) is 14.7. The second kappa shape index (κ2) is 7.79. The molecule has 0 aromatic heterocycles. The highest BCUT2D eigenvalue weighted by atomic mass is 19.1. The second-order valence-electron chi connectivity index (χ2n) is 5.36. The summed E-state index contributed by atoms with van der Waals surface area (Å²) >= 11 is 0. The lowest BCUT2D eigenvalue weighted by Gasteiger charge is -2.31. The highest BCUT2D eigenvalue weighted by Gasteiger charge is 2.19. The monoisotopic (exact) mass is 307 g/mol. The molecule has 5 nitrogen and oxygen atoms in total. The predicted octanol–water partition coefficient (Wildman–Crippen LogP) is 1.77. The minimum absolute atomic E-state index is 0.263. The third-order valence-electron chi connectivity index (χ3n) is 3.68. The van der Waals surface area contributed by atoms with Crippen molar-refractivity contribution in [2.75, 3.05) is 24.5 Å². The van der Waals surface area contributed by atoms with Gasteiger partial charge in [-0.25, -0.2) is 9.18 Å². The molecule has 3 N–H and O–H groups in total. The van der Waals surface area contributed by atoms with Gasteiger partial charge in [0.15, 0.2) is 0 Å².